The predicted molar refractivity (Wildman–Crippen MR) is 38.9 cm³/mol. The fraction of sp³-hybridized carbons (Fsp3) is 0.714. The van der Waals surface area contributed by atoms with E-state index >= 15 is 0 Å². The van der Waals surface area contributed by atoms with Crippen molar-refractivity contribution in [2.75, 3.05) is 0 Å². The van der Waals surface area contributed by atoms with Crippen molar-refractivity contribution in [3.63, 3.8) is 0 Å². The lowest BCUT2D eigenvalue weighted by Gasteiger charge is -2.14. The Morgan fingerprint density at radius 1 is 1.50 bits per heavy atom. The second kappa shape index (κ2) is 3.34. The van der Waals surface area contributed by atoms with Gasteiger partial charge in [0, 0.05) is 6.92 Å². The lowest BCUT2D eigenvalue weighted by atomic mass is 10.2. The van der Waals surface area contributed by atoms with Crippen LogP contribution in [0.15, 0.2) is 0 Å². The average Bonchev–Trinajstić information content (AvgIpc) is 1.59. The largest absolute Gasteiger partial charge is 0.594 e. The molecule has 0 unspecified atom stereocenters. The van der Waals surface area contributed by atoms with Gasteiger partial charge in [-0.2, -0.15) is 4.79 Å². The number of carbonyl (C=O) groups excluding carboxylic acids is 1. The third-order valence-electron chi connectivity index (χ3n) is 0.661. The van der Waals surface area contributed by atoms with Crippen molar-refractivity contribution < 1.29 is 14.5 Å². The molecule has 3 nitrogen and oxygen atoms in total. The molecule has 58 valence electrons. The van der Waals surface area contributed by atoms with Crippen LogP contribution in [0.3, 0.4) is 0 Å². The highest BCUT2D eigenvalue weighted by Gasteiger charge is 2.18. The number of nitrogens with one attached hydrogen (secondary N) is 1. The first-order valence-corrected chi connectivity index (χ1v) is 3.23. The van der Waals surface area contributed by atoms with E-state index in [1.54, 1.807) is 6.92 Å². The Morgan fingerprint density at radius 3 is 2.30 bits per heavy atom. The summed E-state index contributed by atoms with van der Waals surface area (Å²) in [7, 11) is 0. The smallest absolute Gasteiger partial charge is 0.406 e. The number of hydrogen-bond acceptors (Lipinski definition) is 2. The zero-order valence-electron chi connectivity index (χ0n) is 6.89. The highest BCUT2D eigenvalue weighted by Crippen LogP contribution is 2.04. The van der Waals surface area contributed by atoms with E-state index < -0.39 is 11.7 Å². The molecular formula is C7H14NO2+. The van der Waals surface area contributed by atoms with Crippen LogP contribution >= 0.6 is 0 Å². The zero-order valence-corrected chi connectivity index (χ0v) is 6.89. The molecular weight excluding hydrogens is 130 g/mol. The topological polar surface area (TPSA) is 40.3 Å². The third kappa shape index (κ3) is 5.28. The van der Waals surface area contributed by atoms with Crippen LogP contribution in [0, 0.1) is 0 Å². The normalized spacial score (nSPS) is 12.0. The zero-order chi connectivity index (χ0) is 8.20. The molecule has 0 rings (SSSR count). The Morgan fingerprint density at radius 2 is 2.00 bits per heavy atom. The molecule has 0 aromatic heterocycles. The lowest BCUT2D eigenvalue weighted by Crippen LogP contribution is -2.74. The van der Waals surface area contributed by atoms with Crippen LogP contribution in [-0.2, 0) is 4.74 Å². The third-order valence-corrected chi connectivity index (χ3v) is 0.661. The minimum atomic E-state index is -0.410. The lowest BCUT2D eigenvalue weighted by molar-refractivity contribution is -0.369. The number of rotatable bonds is 0. The Hall–Kier alpha value is -0.860. The standard InChI is InChI=1S/C7H13NO2/c1-5-8-6(9)10-7(2,3)4/h5H,1-4H3/p+1/b8-5+. The molecule has 0 radical (unpaired) electrons. The van der Waals surface area contributed by atoms with Crippen LogP contribution in [0.2, 0.25) is 0 Å². The summed E-state index contributed by atoms with van der Waals surface area (Å²) in [5.41, 5.74) is -0.410. The monoisotopic (exact) mass is 144 g/mol. The number of amides is 1. The van der Waals surface area contributed by atoms with Gasteiger partial charge in [0.1, 0.15) is 11.8 Å². The summed E-state index contributed by atoms with van der Waals surface area (Å²) in [4.78, 5) is 13.1. The predicted octanol–water partition coefficient (Wildman–Crippen LogP) is 0.0928. The quantitative estimate of drug-likeness (QED) is 0.489. The molecule has 0 aliphatic rings. The maximum absolute atomic E-state index is 10.7. The molecule has 1 N–H and O–H groups in total. The maximum atomic E-state index is 10.7. The Bertz CT molecular complexity index is 144. The van der Waals surface area contributed by atoms with Crippen molar-refractivity contribution in [3.05, 3.63) is 0 Å². The van der Waals surface area contributed by atoms with Gasteiger partial charge in [0.15, 0.2) is 0 Å². The van der Waals surface area contributed by atoms with Gasteiger partial charge in [-0.15, -0.1) is 4.99 Å². The second-order valence-corrected chi connectivity index (χ2v) is 2.93. The van der Waals surface area contributed by atoms with Crippen molar-refractivity contribution in [1.29, 1.82) is 0 Å². The summed E-state index contributed by atoms with van der Waals surface area (Å²) in [6.07, 6.45) is 1.13. The molecule has 0 aliphatic carbocycles. The summed E-state index contributed by atoms with van der Waals surface area (Å²) in [6, 6.07) is 0. The average molecular weight is 144 g/mol. The van der Waals surface area contributed by atoms with E-state index in [0.717, 1.165) is 0 Å². The second-order valence-electron chi connectivity index (χ2n) is 2.93. The maximum Gasteiger partial charge on any atom is 0.594 e. The van der Waals surface area contributed by atoms with Crippen LogP contribution in [0.1, 0.15) is 27.7 Å². The Balaban J connectivity index is 3.81. The molecule has 1 amide bonds. The van der Waals surface area contributed by atoms with E-state index in [1.807, 2.05) is 20.8 Å². The molecule has 0 aliphatic heterocycles. The highest BCUT2D eigenvalue weighted by atomic mass is 16.6. The summed E-state index contributed by atoms with van der Waals surface area (Å²) in [5.74, 6) is 0. The highest BCUT2D eigenvalue weighted by molar-refractivity contribution is 5.61. The summed E-state index contributed by atoms with van der Waals surface area (Å²) in [6.45, 7) is 7.19. The van der Waals surface area contributed by atoms with Gasteiger partial charge in [0.25, 0.3) is 0 Å². The van der Waals surface area contributed by atoms with Gasteiger partial charge in [-0.25, -0.2) is 0 Å². The van der Waals surface area contributed by atoms with Gasteiger partial charge < -0.3 is 4.74 Å². The Labute approximate surface area is 61.1 Å². The van der Waals surface area contributed by atoms with Crippen LogP contribution in [-0.4, -0.2) is 17.9 Å². The van der Waals surface area contributed by atoms with E-state index in [4.69, 9.17) is 4.74 Å². The molecule has 0 bridgehead atoms. The van der Waals surface area contributed by atoms with Gasteiger partial charge in [-0.3, -0.25) is 0 Å². The number of carbonyl (C=O) groups is 1. The Kier molecular flexibility index (Phi) is 3.06. The summed E-state index contributed by atoms with van der Waals surface area (Å²) >= 11 is 0. The van der Waals surface area contributed by atoms with E-state index in [-0.39, 0.29) is 0 Å². The van der Waals surface area contributed by atoms with Crippen molar-refractivity contribution >= 4 is 12.3 Å². The molecule has 10 heavy (non-hydrogen) atoms. The van der Waals surface area contributed by atoms with Crippen LogP contribution in [0.25, 0.3) is 0 Å². The first-order valence-electron chi connectivity index (χ1n) is 3.23. The van der Waals surface area contributed by atoms with Crippen molar-refractivity contribution in [2.45, 2.75) is 33.3 Å². The summed E-state index contributed by atoms with van der Waals surface area (Å²) in [5, 5.41) is 0. The molecule has 0 spiro atoms. The molecule has 0 heterocycles. The minimum Gasteiger partial charge on any atom is -0.406 e. The first-order chi connectivity index (χ1) is 4.45. The van der Waals surface area contributed by atoms with Gasteiger partial charge in [0.2, 0.25) is 0 Å². The van der Waals surface area contributed by atoms with Crippen molar-refractivity contribution in [2.24, 2.45) is 0 Å². The van der Waals surface area contributed by atoms with Crippen molar-refractivity contribution in [1.82, 2.24) is 0 Å². The fourth-order valence-electron chi connectivity index (χ4n) is 0.425. The fourth-order valence-corrected chi connectivity index (χ4v) is 0.425. The molecule has 0 aromatic rings. The minimum absolute atomic E-state index is 0.407. The first kappa shape index (κ1) is 9.14. The molecule has 0 fully saturated rings. The van der Waals surface area contributed by atoms with Crippen LogP contribution < -0.4 is 4.99 Å². The molecule has 3 heteroatoms. The molecule has 0 atom stereocenters. The SMILES string of the molecule is C/C=[NH+]/C(=O)OC(C)(C)C. The van der Waals surface area contributed by atoms with Gasteiger partial charge in [-0.1, -0.05) is 0 Å². The van der Waals surface area contributed by atoms with Crippen molar-refractivity contribution in [3.8, 4) is 0 Å². The summed E-state index contributed by atoms with van der Waals surface area (Å²) < 4.78 is 4.90. The van der Waals surface area contributed by atoms with E-state index in [2.05, 4.69) is 4.99 Å². The van der Waals surface area contributed by atoms with Gasteiger partial charge in [0.05, 0.1) is 0 Å². The van der Waals surface area contributed by atoms with Crippen LogP contribution in [0.4, 0.5) is 4.79 Å². The number of hydrogen-bond donors (Lipinski definition) is 1. The van der Waals surface area contributed by atoms with Gasteiger partial charge in [-0.05, 0) is 20.8 Å². The van der Waals surface area contributed by atoms with E-state index in [1.165, 1.54) is 6.21 Å². The molecule has 0 saturated heterocycles. The van der Waals surface area contributed by atoms with Gasteiger partial charge >= 0.3 is 6.09 Å². The van der Waals surface area contributed by atoms with Crippen LogP contribution in [0.5, 0.6) is 0 Å². The molecule has 0 saturated carbocycles. The molecule has 0 aromatic carbocycles. The van der Waals surface area contributed by atoms with E-state index in [9.17, 15) is 4.79 Å². The van der Waals surface area contributed by atoms with E-state index in [0.29, 0.717) is 0 Å². The number of ether oxygens (including phenoxy) is 1.